The summed E-state index contributed by atoms with van der Waals surface area (Å²) in [5.74, 6) is 4.51. The van der Waals surface area contributed by atoms with Crippen molar-refractivity contribution in [3.05, 3.63) is 35.9 Å². The van der Waals surface area contributed by atoms with Crippen LogP contribution in [0.5, 0.6) is 0 Å². The molecule has 1 aromatic rings. The number of hydrogen-bond donors (Lipinski definition) is 0. The van der Waals surface area contributed by atoms with Gasteiger partial charge in [-0.2, -0.15) is 0 Å². The van der Waals surface area contributed by atoms with Crippen LogP contribution in [-0.4, -0.2) is 6.61 Å². The molecule has 0 bridgehead atoms. The molecule has 0 heterocycles. The Morgan fingerprint density at radius 2 is 0.842 bits per heavy atom. The van der Waals surface area contributed by atoms with Gasteiger partial charge in [-0.25, -0.2) is 0 Å². The topological polar surface area (TPSA) is 9.23 Å². The van der Waals surface area contributed by atoms with Gasteiger partial charge in [0.25, 0.3) is 0 Å². The van der Waals surface area contributed by atoms with Crippen molar-refractivity contribution < 1.29 is 4.74 Å². The predicted octanol–water partition coefficient (Wildman–Crippen LogP) is 12.4. The van der Waals surface area contributed by atoms with Crippen molar-refractivity contribution in [1.82, 2.24) is 0 Å². The highest BCUT2D eigenvalue weighted by Crippen LogP contribution is 2.25. The summed E-state index contributed by atoms with van der Waals surface area (Å²) in [5.41, 5.74) is 1.28. The molecular formula is C37H68O. The average molecular weight is 529 g/mol. The third-order valence-electron chi connectivity index (χ3n) is 8.97. The van der Waals surface area contributed by atoms with Gasteiger partial charge < -0.3 is 4.74 Å². The maximum absolute atomic E-state index is 5.85. The molecule has 222 valence electrons. The molecule has 0 saturated carbocycles. The Morgan fingerprint density at radius 3 is 1.24 bits per heavy atom. The van der Waals surface area contributed by atoms with Crippen molar-refractivity contribution in [2.24, 2.45) is 29.6 Å². The van der Waals surface area contributed by atoms with Crippen molar-refractivity contribution >= 4 is 0 Å². The normalized spacial score (nSPS) is 15.7. The second-order valence-corrected chi connectivity index (χ2v) is 13.4. The van der Waals surface area contributed by atoms with E-state index in [2.05, 4.69) is 71.9 Å². The fraction of sp³-hybridized carbons (Fsp3) is 0.838. The van der Waals surface area contributed by atoms with Crippen LogP contribution in [0, 0.1) is 29.6 Å². The summed E-state index contributed by atoms with van der Waals surface area (Å²) in [6, 6.07) is 10.5. The molecule has 0 radical (unpaired) electrons. The van der Waals surface area contributed by atoms with Gasteiger partial charge in [-0.3, -0.25) is 0 Å². The first-order valence-electron chi connectivity index (χ1n) is 17.0. The van der Waals surface area contributed by atoms with Gasteiger partial charge in [0.2, 0.25) is 0 Å². The fourth-order valence-electron chi connectivity index (χ4n) is 6.02. The van der Waals surface area contributed by atoms with Crippen LogP contribution < -0.4 is 0 Å². The lowest BCUT2D eigenvalue weighted by atomic mass is 9.89. The van der Waals surface area contributed by atoms with Crippen LogP contribution in [0.1, 0.15) is 163 Å². The summed E-state index contributed by atoms with van der Waals surface area (Å²) in [6.07, 6.45) is 25.3. The van der Waals surface area contributed by atoms with Crippen molar-refractivity contribution in [2.45, 2.75) is 164 Å². The highest BCUT2D eigenvalue weighted by molar-refractivity contribution is 5.13. The lowest BCUT2D eigenvalue weighted by Gasteiger charge is -2.17. The van der Waals surface area contributed by atoms with Crippen LogP contribution >= 0.6 is 0 Å². The van der Waals surface area contributed by atoms with Crippen LogP contribution in [-0.2, 0) is 11.3 Å². The Kier molecular flexibility index (Phi) is 22.3. The van der Waals surface area contributed by atoms with Crippen molar-refractivity contribution in [1.29, 1.82) is 0 Å². The van der Waals surface area contributed by atoms with Gasteiger partial charge in [0, 0.05) is 6.61 Å². The third kappa shape index (κ3) is 21.1. The van der Waals surface area contributed by atoms with Gasteiger partial charge in [-0.1, -0.05) is 175 Å². The molecular weight excluding hydrogens is 460 g/mol. The monoisotopic (exact) mass is 529 g/mol. The summed E-state index contributed by atoms with van der Waals surface area (Å²) in [7, 11) is 0. The van der Waals surface area contributed by atoms with Crippen molar-refractivity contribution in [2.75, 3.05) is 6.61 Å². The molecule has 0 aromatic heterocycles. The smallest absolute Gasteiger partial charge is 0.0716 e. The molecule has 1 heteroatoms. The third-order valence-corrected chi connectivity index (χ3v) is 8.97. The average Bonchev–Trinajstić information content (AvgIpc) is 2.89. The Bertz CT molecular complexity index is 610. The second kappa shape index (κ2) is 24.0. The summed E-state index contributed by atoms with van der Waals surface area (Å²) in [6.45, 7) is 16.3. The predicted molar refractivity (Wildman–Crippen MR) is 171 cm³/mol. The minimum absolute atomic E-state index is 0.753. The Balaban J connectivity index is 1.92. The van der Waals surface area contributed by atoms with E-state index in [9.17, 15) is 0 Å². The van der Waals surface area contributed by atoms with Crippen LogP contribution in [0.2, 0.25) is 0 Å². The van der Waals surface area contributed by atoms with E-state index in [-0.39, 0.29) is 0 Å². The number of rotatable bonds is 26. The van der Waals surface area contributed by atoms with E-state index in [0.29, 0.717) is 0 Å². The maximum Gasteiger partial charge on any atom is 0.0716 e. The van der Waals surface area contributed by atoms with E-state index in [1.54, 1.807) is 0 Å². The first-order valence-corrected chi connectivity index (χ1v) is 17.0. The highest BCUT2D eigenvalue weighted by atomic mass is 16.5. The summed E-state index contributed by atoms with van der Waals surface area (Å²) < 4.78 is 5.85. The van der Waals surface area contributed by atoms with E-state index < -0.39 is 0 Å². The Morgan fingerprint density at radius 1 is 0.474 bits per heavy atom. The van der Waals surface area contributed by atoms with Gasteiger partial charge in [-0.15, -0.1) is 0 Å². The van der Waals surface area contributed by atoms with E-state index in [1.807, 2.05) is 0 Å². The first-order chi connectivity index (χ1) is 18.4. The molecule has 0 aliphatic heterocycles. The molecule has 0 unspecified atom stereocenters. The van der Waals surface area contributed by atoms with Crippen LogP contribution in [0.3, 0.4) is 0 Å². The van der Waals surface area contributed by atoms with E-state index >= 15 is 0 Å². The second-order valence-electron chi connectivity index (χ2n) is 13.4. The molecule has 0 aliphatic rings. The van der Waals surface area contributed by atoms with Crippen LogP contribution in [0.15, 0.2) is 30.3 Å². The standard InChI is InChI=1S/C37H68O/c1-7-8-10-18-32(2)19-13-20-33(3)21-14-22-34(4)23-15-24-35(5)25-16-26-36(6)27-17-30-38-31-37-28-11-9-12-29-37/h9,11-12,28-29,32-36H,7-8,10,13-27,30-31H2,1-6H3/t32-,33-,34-,35-,36-/m0/s1. The number of ether oxygens (including phenoxy) is 1. The molecule has 0 saturated heterocycles. The van der Waals surface area contributed by atoms with Gasteiger partial charge in [0.15, 0.2) is 0 Å². The lowest BCUT2D eigenvalue weighted by Crippen LogP contribution is -2.03. The number of unbranched alkanes of at least 4 members (excludes halogenated alkanes) is 2. The largest absolute Gasteiger partial charge is 0.377 e. The Hall–Kier alpha value is -0.820. The van der Waals surface area contributed by atoms with Crippen LogP contribution in [0.25, 0.3) is 0 Å². The zero-order valence-electron chi connectivity index (χ0n) is 26.8. The molecule has 0 aliphatic carbocycles. The molecule has 1 rings (SSSR count). The zero-order valence-corrected chi connectivity index (χ0v) is 26.8. The number of hydrogen-bond acceptors (Lipinski definition) is 1. The molecule has 0 spiro atoms. The minimum Gasteiger partial charge on any atom is -0.377 e. The van der Waals surface area contributed by atoms with Gasteiger partial charge in [-0.05, 0) is 48.0 Å². The van der Waals surface area contributed by atoms with Gasteiger partial charge in [0.05, 0.1) is 6.61 Å². The molecule has 0 N–H and O–H groups in total. The molecule has 0 fully saturated rings. The van der Waals surface area contributed by atoms with Crippen molar-refractivity contribution in [3.63, 3.8) is 0 Å². The lowest BCUT2D eigenvalue weighted by molar-refractivity contribution is 0.114. The highest BCUT2D eigenvalue weighted by Gasteiger charge is 2.10. The molecule has 38 heavy (non-hydrogen) atoms. The molecule has 5 atom stereocenters. The van der Waals surface area contributed by atoms with E-state index in [0.717, 1.165) is 42.8 Å². The summed E-state index contributed by atoms with van der Waals surface area (Å²) in [5, 5.41) is 0. The molecule has 0 amide bonds. The molecule has 1 nitrogen and oxygen atoms in total. The summed E-state index contributed by atoms with van der Waals surface area (Å²) in [4.78, 5) is 0. The summed E-state index contributed by atoms with van der Waals surface area (Å²) >= 11 is 0. The first kappa shape index (κ1) is 35.2. The van der Waals surface area contributed by atoms with E-state index in [1.165, 1.54) is 121 Å². The van der Waals surface area contributed by atoms with Gasteiger partial charge in [0.1, 0.15) is 0 Å². The Labute approximate surface area is 240 Å². The quantitative estimate of drug-likeness (QED) is 0.109. The maximum atomic E-state index is 5.85. The SMILES string of the molecule is CCCCC[C@H](C)CCC[C@H](C)CCC[C@H](C)CCC[C@H](C)CCC[C@H](C)CCCOCc1ccccc1. The number of benzene rings is 1. The fourth-order valence-corrected chi connectivity index (χ4v) is 6.02. The van der Waals surface area contributed by atoms with Crippen molar-refractivity contribution in [3.8, 4) is 0 Å². The zero-order chi connectivity index (χ0) is 27.8. The van der Waals surface area contributed by atoms with Gasteiger partial charge >= 0.3 is 0 Å². The minimum atomic E-state index is 0.753. The van der Waals surface area contributed by atoms with Crippen LogP contribution in [0.4, 0.5) is 0 Å². The van der Waals surface area contributed by atoms with E-state index in [4.69, 9.17) is 4.74 Å². The molecule has 1 aromatic carbocycles.